The van der Waals surface area contributed by atoms with Gasteiger partial charge in [-0.25, -0.2) is 14.8 Å². The monoisotopic (exact) mass is 443 g/mol. The molecule has 9 nitrogen and oxygen atoms in total. The van der Waals surface area contributed by atoms with E-state index in [0.29, 0.717) is 28.7 Å². The van der Waals surface area contributed by atoms with Gasteiger partial charge in [-0.2, -0.15) is 0 Å². The molecule has 0 aliphatic carbocycles. The van der Waals surface area contributed by atoms with Crippen molar-refractivity contribution >= 4 is 34.4 Å². The van der Waals surface area contributed by atoms with Gasteiger partial charge < -0.3 is 10.1 Å². The number of aryl methyl sites for hydroxylation is 2. The normalized spacial score (nSPS) is 11.0. The summed E-state index contributed by atoms with van der Waals surface area (Å²) in [5.74, 6) is 0.981. The Balaban J connectivity index is 1.93. The van der Waals surface area contributed by atoms with Crippen LogP contribution in [-0.4, -0.2) is 37.9 Å². The molecule has 1 amide bonds. The largest absolute Gasteiger partial charge is 0.497 e. The van der Waals surface area contributed by atoms with Crippen molar-refractivity contribution in [3.8, 4) is 5.75 Å². The third-order valence-corrected chi connectivity index (χ3v) is 5.74. The van der Waals surface area contributed by atoms with Gasteiger partial charge in [0, 0.05) is 32.3 Å². The molecular weight excluding hydrogens is 418 g/mol. The van der Waals surface area contributed by atoms with E-state index in [1.165, 1.54) is 11.6 Å². The zero-order chi connectivity index (χ0) is 22.5. The second-order valence-electron chi connectivity index (χ2n) is 7.02. The maximum atomic E-state index is 12.8. The number of ether oxygens (including phenoxy) is 1. The molecule has 2 aromatic heterocycles. The Morgan fingerprint density at radius 2 is 1.97 bits per heavy atom. The summed E-state index contributed by atoms with van der Waals surface area (Å²) in [6.07, 6.45) is 2.46. The van der Waals surface area contributed by atoms with E-state index in [1.807, 2.05) is 0 Å². The van der Waals surface area contributed by atoms with Crippen molar-refractivity contribution in [3.05, 3.63) is 50.9 Å². The lowest BCUT2D eigenvalue weighted by Crippen LogP contribution is -2.38. The number of thioether (sulfide) groups is 1. The standard InChI is InChI=1S/C21H25N5O4S/c1-5-6-10-15-23-18-17(20(28)26(3)21(29)25(18)2)19(24-15)31-12-16(27)22-13-8-7-9-14(11-13)30-4/h7-9,11H,5-6,10,12H2,1-4H3,(H,22,27). The highest BCUT2D eigenvalue weighted by molar-refractivity contribution is 8.00. The lowest BCUT2D eigenvalue weighted by molar-refractivity contribution is -0.113. The SMILES string of the molecule is CCCCc1nc(SCC(=O)Nc2cccc(OC)c2)c2c(=O)n(C)c(=O)n(C)c2n1. The van der Waals surface area contributed by atoms with Crippen molar-refractivity contribution in [2.45, 2.75) is 31.2 Å². The Morgan fingerprint density at radius 3 is 2.68 bits per heavy atom. The van der Waals surface area contributed by atoms with Crippen molar-refractivity contribution in [1.82, 2.24) is 19.1 Å². The van der Waals surface area contributed by atoms with Crippen LogP contribution in [0.3, 0.4) is 0 Å². The van der Waals surface area contributed by atoms with Gasteiger partial charge >= 0.3 is 5.69 Å². The van der Waals surface area contributed by atoms with Gasteiger partial charge in [0.2, 0.25) is 5.91 Å². The van der Waals surface area contributed by atoms with E-state index in [4.69, 9.17) is 4.74 Å². The average molecular weight is 444 g/mol. The molecule has 31 heavy (non-hydrogen) atoms. The van der Waals surface area contributed by atoms with E-state index in [1.54, 1.807) is 38.4 Å². The third kappa shape index (κ3) is 4.96. The Hall–Kier alpha value is -3.14. The molecule has 0 atom stereocenters. The van der Waals surface area contributed by atoms with Gasteiger partial charge in [-0.1, -0.05) is 31.2 Å². The number of amides is 1. The number of hydrogen-bond donors (Lipinski definition) is 1. The van der Waals surface area contributed by atoms with Crippen molar-refractivity contribution < 1.29 is 9.53 Å². The highest BCUT2D eigenvalue weighted by Gasteiger charge is 2.18. The third-order valence-electron chi connectivity index (χ3n) is 4.76. The maximum Gasteiger partial charge on any atom is 0.332 e. The van der Waals surface area contributed by atoms with E-state index in [-0.39, 0.29) is 22.7 Å². The molecule has 0 spiro atoms. The van der Waals surface area contributed by atoms with E-state index in [0.717, 1.165) is 29.2 Å². The van der Waals surface area contributed by atoms with Crippen molar-refractivity contribution in [2.75, 3.05) is 18.2 Å². The summed E-state index contributed by atoms with van der Waals surface area (Å²) < 4.78 is 7.53. The zero-order valence-corrected chi connectivity index (χ0v) is 18.8. The second-order valence-corrected chi connectivity index (χ2v) is 7.99. The number of rotatable bonds is 8. The molecule has 2 heterocycles. The number of benzene rings is 1. The maximum absolute atomic E-state index is 12.8. The molecule has 3 aromatic rings. The Kier molecular flexibility index (Phi) is 7.11. The number of fused-ring (bicyclic) bond motifs is 1. The van der Waals surface area contributed by atoms with Crippen LogP contribution in [0.2, 0.25) is 0 Å². The Bertz CT molecular complexity index is 1230. The fraction of sp³-hybridized carbons (Fsp3) is 0.381. The molecule has 10 heteroatoms. The van der Waals surface area contributed by atoms with E-state index < -0.39 is 11.2 Å². The zero-order valence-electron chi connectivity index (χ0n) is 18.0. The van der Waals surface area contributed by atoms with Crippen LogP contribution >= 0.6 is 11.8 Å². The lowest BCUT2D eigenvalue weighted by Gasteiger charge is -2.12. The number of carbonyl (C=O) groups is 1. The Morgan fingerprint density at radius 1 is 1.19 bits per heavy atom. The number of hydrogen-bond acceptors (Lipinski definition) is 7. The summed E-state index contributed by atoms with van der Waals surface area (Å²) in [6.45, 7) is 2.06. The van der Waals surface area contributed by atoms with Gasteiger partial charge in [-0.15, -0.1) is 0 Å². The van der Waals surface area contributed by atoms with Crippen LogP contribution in [0, 0.1) is 0 Å². The molecule has 0 unspecified atom stereocenters. The van der Waals surface area contributed by atoms with Crippen LogP contribution in [0.15, 0.2) is 38.9 Å². The van der Waals surface area contributed by atoms with Crippen LogP contribution < -0.4 is 21.3 Å². The second kappa shape index (κ2) is 9.78. The number of unbranched alkanes of at least 4 members (excludes halogenated alkanes) is 1. The fourth-order valence-corrected chi connectivity index (χ4v) is 3.89. The first-order valence-electron chi connectivity index (χ1n) is 9.89. The van der Waals surface area contributed by atoms with Crippen LogP contribution in [-0.2, 0) is 25.3 Å². The molecule has 0 saturated carbocycles. The van der Waals surface area contributed by atoms with E-state index >= 15 is 0 Å². The van der Waals surface area contributed by atoms with Crippen molar-refractivity contribution in [3.63, 3.8) is 0 Å². The van der Waals surface area contributed by atoms with Gasteiger partial charge in [0.05, 0.1) is 12.9 Å². The van der Waals surface area contributed by atoms with Crippen molar-refractivity contribution in [1.29, 1.82) is 0 Å². The smallest absolute Gasteiger partial charge is 0.332 e. The minimum atomic E-state index is -0.476. The predicted octanol–water partition coefficient (Wildman–Crippen LogP) is 2.11. The number of methoxy groups -OCH3 is 1. The first-order chi connectivity index (χ1) is 14.8. The van der Waals surface area contributed by atoms with Crippen LogP contribution in [0.25, 0.3) is 11.0 Å². The predicted molar refractivity (Wildman–Crippen MR) is 121 cm³/mol. The molecule has 1 N–H and O–H groups in total. The molecule has 3 rings (SSSR count). The van der Waals surface area contributed by atoms with E-state index in [2.05, 4.69) is 22.2 Å². The molecular formula is C21H25N5O4S. The number of anilines is 1. The number of aromatic nitrogens is 4. The van der Waals surface area contributed by atoms with Gasteiger partial charge in [-0.05, 0) is 18.6 Å². The van der Waals surface area contributed by atoms with Crippen LogP contribution in [0.5, 0.6) is 5.75 Å². The first-order valence-corrected chi connectivity index (χ1v) is 10.9. The van der Waals surface area contributed by atoms with E-state index in [9.17, 15) is 14.4 Å². The summed E-state index contributed by atoms with van der Waals surface area (Å²) in [7, 11) is 4.55. The first kappa shape index (κ1) is 22.5. The molecule has 0 saturated heterocycles. The summed E-state index contributed by atoms with van der Waals surface area (Å²) in [6, 6.07) is 7.05. The average Bonchev–Trinajstić information content (AvgIpc) is 2.78. The molecule has 0 fully saturated rings. The molecule has 164 valence electrons. The minimum absolute atomic E-state index is 0.0442. The van der Waals surface area contributed by atoms with Gasteiger partial charge in [0.1, 0.15) is 22.0 Å². The molecule has 0 radical (unpaired) electrons. The fourth-order valence-electron chi connectivity index (χ4n) is 3.05. The van der Waals surface area contributed by atoms with Crippen LogP contribution in [0.4, 0.5) is 5.69 Å². The highest BCUT2D eigenvalue weighted by atomic mass is 32.2. The molecule has 0 bridgehead atoms. The van der Waals surface area contributed by atoms with Gasteiger partial charge in [0.15, 0.2) is 5.65 Å². The summed E-state index contributed by atoms with van der Waals surface area (Å²) in [5, 5.41) is 3.44. The Labute approximate surface area is 183 Å². The quantitative estimate of drug-likeness (QED) is 0.420. The summed E-state index contributed by atoms with van der Waals surface area (Å²) in [5.41, 5.74) is -0.0375. The minimum Gasteiger partial charge on any atom is -0.497 e. The summed E-state index contributed by atoms with van der Waals surface area (Å²) in [4.78, 5) is 46.6. The van der Waals surface area contributed by atoms with Crippen LogP contribution in [0.1, 0.15) is 25.6 Å². The molecule has 1 aromatic carbocycles. The number of nitrogens with one attached hydrogen (secondary N) is 1. The lowest BCUT2D eigenvalue weighted by atomic mass is 10.2. The molecule has 0 aliphatic rings. The van der Waals surface area contributed by atoms with Gasteiger partial charge in [0.25, 0.3) is 5.56 Å². The van der Waals surface area contributed by atoms with Gasteiger partial charge in [-0.3, -0.25) is 18.7 Å². The topological polar surface area (TPSA) is 108 Å². The van der Waals surface area contributed by atoms with Crippen molar-refractivity contribution in [2.24, 2.45) is 14.1 Å². The highest BCUT2D eigenvalue weighted by Crippen LogP contribution is 2.23. The number of carbonyl (C=O) groups excluding carboxylic acids is 1. The molecule has 0 aliphatic heterocycles. The number of nitrogens with zero attached hydrogens (tertiary/aromatic N) is 4. The summed E-state index contributed by atoms with van der Waals surface area (Å²) >= 11 is 1.15.